The number of fused-ring (bicyclic) bond motifs is 1. The molecule has 0 amide bonds. The van der Waals surface area contributed by atoms with Gasteiger partial charge < -0.3 is 0 Å². The van der Waals surface area contributed by atoms with E-state index in [9.17, 15) is 0 Å². The van der Waals surface area contributed by atoms with Gasteiger partial charge >= 0.3 is 0 Å². The molecule has 0 N–H and O–H groups in total. The molecule has 0 saturated heterocycles. The van der Waals surface area contributed by atoms with Crippen molar-refractivity contribution in [1.29, 1.82) is 0 Å². The molecule has 0 aliphatic heterocycles. The number of rotatable bonds is 1. The zero-order chi connectivity index (χ0) is 9.42. The van der Waals surface area contributed by atoms with E-state index in [2.05, 4.69) is 56.7 Å². The van der Waals surface area contributed by atoms with Crippen molar-refractivity contribution in [2.75, 3.05) is 0 Å². The molecule has 2 aromatic rings. The molecule has 0 aliphatic rings. The van der Waals surface area contributed by atoms with Crippen LogP contribution < -0.4 is 0 Å². The highest BCUT2D eigenvalue weighted by atomic mass is 127. The molecule has 0 radical (unpaired) electrons. The highest BCUT2D eigenvalue weighted by molar-refractivity contribution is 14.1. The Labute approximate surface area is 108 Å². The molecule has 0 atom stereocenters. The topological polar surface area (TPSA) is 0 Å². The fourth-order valence-corrected chi connectivity index (χ4v) is 3.97. The summed E-state index contributed by atoms with van der Waals surface area (Å²) in [6.45, 7) is 0. The van der Waals surface area contributed by atoms with Crippen molar-refractivity contribution in [3.05, 3.63) is 31.7 Å². The number of alkyl halides is 1. The van der Waals surface area contributed by atoms with Gasteiger partial charge in [-0.05, 0) is 34.2 Å². The van der Waals surface area contributed by atoms with Crippen molar-refractivity contribution >= 4 is 71.5 Å². The Kier molecular flexibility index (Phi) is 3.18. The van der Waals surface area contributed by atoms with Crippen LogP contribution in [0.2, 0.25) is 5.02 Å². The summed E-state index contributed by atoms with van der Waals surface area (Å²) in [6.07, 6.45) is 0. The minimum atomic E-state index is 0.858. The van der Waals surface area contributed by atoms with E-state index in [0.29, 0.717) is 0 Å². The maximum atomic E-state index is 6.21. The molecule has 13 heavy (non-hydrogen) atoms. The highest BCUT2D eigenvalue weighted by Gasteiger charge is 2.10. The fourth-order valence-electron chi connectivity index (χ4n) is 1.26. The van der Waals surface area contributed by atoms with Crippen molar-refractivity contribution in [3.63, 3.8) is 0 Å². The molecule has 68 valence electrons. The molecular formula is C9H5BrClIS. The maximum absolute atomic E-state index is 6.21. The predicted molar refractivity (Wildman–Crippen MR) is 72.2 cm³/mol. The molecule has 0 unspecified atom stereocenters. The third kappa shape index (κ3) is 1.76. The Morgan fingerprint density at radius 1 is 1.46 bits per heavy atom. The van der Waals surface area contributed by atoms with E-state index in [1.807, 2.05) is 0 Å². The van der Waals surface area contributed by atoms with Gasteiger partial charge in [0.1, 0.15) is 0 Å². The lowest BCUT2D eigenvalue weighted by molar-refractivity contribution is 1.50. The summed E-state index contributed by atoms with van der Waals surface area (Å²) in [5.74, 6) is 0. The van der Waals surface area contributed by atoms with Crippen LogP contribution in [-0.2, 0) is 5.33 Å². The van der Waals surface area contributed by atoms with Crippen molar-refractivity contribution in [2.24, 2.45) is 0 Å². The van der Waals surface area contributed by atoms with Crippen LogP contribution in [0.4, 0.5) is 0 Å². The van der Waals surface area contributed by atoms with Gasteiger partial charge in [0.05, 0.1) is 7.91 Å². The standard InChI is InChI=1S/C9H5BrClIS/c10-4-5-2-1-3-6-7(5)8(11)9(12)13-6/h1-3H,4H2. The van der Waals surface area contributed by atoms with Gasteiger partial charge in [0, 0.05) is 15.4 Å². The third-order valence-corrected chi connectivity index (χ3v) is 5.40. The minimum Gasteiger partial charge on any atom is -0.128 e. The second kappa shape index (κ2) is 4.04. The Bertz CT molecular complexity index is 452. The average Bonchev–Trinajstić information content (AvgIpc) is 2.43. The second-order valence-electron chi connectivity index (χ2n) is 2.61. The molecule has 1 aromatic heterocycles. The van der Waals surface area contributed by atoms with Crippen LogP contribution in [0.25, 0.3) is 10.1 Å². The van der Waals surface area contributed by atoms with Crippen LogP contribution in [0.15, 0.2) is 18.2 Å². The molecule has 0 fully saturated rings. The number of hydrogen-bond donors (Lipinski definition) is 0. The van der Waals surface area contributed by atoms with E-state index in [0.717, 1.165) is 10.4 Å². The van der Waals surface area contributed by atoms with E-state index >= 15 is 0 Å². The maximum Gasteiger partial charge on any atom is 0.0852 e. The zero-order valence-electron chi connectivity index (χ0n) is 6.48. The first-order valence-electron chi connectivity index (χ1n) is 3.65. The monoisotopic (exact) mass is 386 g/mol. The fraction of sp³-hybridized carbons (Fsp3) is 0.111. The van der Waals surface area contributed by atoms with Gasteiger partial charge in [-0.15, -0.1) is 11.3 Å². The summed E-state index contributed by atoms with van der Waals surface area (Å²) in [5, 5.41) is 2.96. The average molecular weight is 387 g/mol. The number of halogens is 3. The van der Waals surface area contributed by atoms with Gasteiger partial charge in [0.25, 0.3) is 0 Å². The van der Waals surface area contributed by atoms with Gasteiger partial charge in [0.2, 0.25) is 0 Å². The van der Waals surface area contributed by atoms with Gasteiger partial charge in [-0.1, -0.05) is 39.7 Å². The zero-order valence-corrected chi connectivity index (χ0v) is 11.8. The SMILES string of the molecule is Clc1c(I)sc2cccc(CBr)c12. The molecular weight excluding hydrogens is 382 g/mol. The van der Waals surface area contributed by atoms with Crippen molar-refractivity contribution in [1.82, 2.24) is 0 Å². The van der Waals surface area contributed by atoms with E-state index in [-0.39, 0.29) is 0 Å². The summed E-state index contributed by atoms with van der Waals surface area (Å²) < 4.78 is 2.44. The van der Waals surface area contributed by atoms with Crippen LogP contribution in [0, 0.1) is 2.88 Å². The molecule has 1 heterocycles. The molecule has 0 bridgehead atoms. The van der Waals surface area contributed by atoms with E-state index in [1.165, 1.54) is 18.5 Å². The summed E-state index contributed by atoms with van der Waals surface area (Å²) in [6, 6.07) is 6.29. The summed E-state index contributed by atoms with van der Waals surface area (Å²) in [5.41, 5.74) is 1.27. The summed E-state index contributed by atoms with van der Waals surface area (Å²) >= 11 is 13.7. The first kappa shape index (κ1) is 10.2. The first-order valence-corrected chi connectivity index (χ1v) is 7.05. The first-order chi connectivity index (χ1) is 6.24. The van der Waals surface area contributed by atoms with Crippen LogP contribution >= 0.6 is 61.5 Å². The van der Waals surface area contributed by atoms with Gasteiger partial charge in [-0.3, -0.25) is 0 Å². The summed E-state index contributed by atoms with van der Waals surface area (Å²) in [7, 11) is 0. The largest absolute Gasteiger partial charge is 0.128 e. The number of hydrogen-bond acceptors (Lipinski definition) is 1. The van der Waals surface area contributed by atoms with Gasteiger partial charge in [-0.25, -0.2) is 0 Å². The normalized spacial score (nSPS) is 11.0. The molecule has 1 aromatic carbocycles. The van der Waals surface area contributed by atoms with E-state index < -0.39 is 0 Å². The summed E-state index contributed by atoms with van der Waals surface area (Å²) in [4.78, 5) is 0. The second-order valence-corrected chi connectivity index (χ2v) is 6.42. The van der Waals surface area contributed by atoms with Gasteiger partial charge in [0.15, 0.2) is 0 Å². The van der Waals surface area contributed by atoms with Gasteiger partial charge in [-0.2, -0.15) is 0 Å². The molecule has 0 spiro atoms. The molecule has 2 rings (SSSR count). The van der Waals surface area contributed by atoms with Crippen LogP contribution in [-0.4, -0.2) is 0 Å². The van der Waals surface area contributed by atoms with Crippen LogP contribution in [0.5, 0.6) is 0 Å². The van der Waals surface area contributed by atoms with Crippen molar-refractivity contribution in [2.45, 2.75) is 5.33 Å². The van der Waals surface area contributed by atoms with Crippen LogP contribution in [0.1, 0.15) is 5.56 Å². The Balaban J connectivity index is 2.87. The van der Waals surface area contributed by atoms with Crippen molar-refractivity contribution < 1.29 is 0 Å². The van der Waals surface area contributed by atoms with E-state index in [1.54, 1.807) is 11.3 Å². The molecule has 0 nitrogen and oxygen atoms in total. The van der Waals surface area contributed by atoms with Crippen LogP contribution in [0.3, 0.4) is 0 Å². The Morgan fingerprint density at radius 2 is 2.23 bits per heavy atom. The van der Waals surface area contributed by atoms with E-state index in [4.69, 9.17) is 11.6 Å². The lowest BCUT2D eigenvalue weighted by Gasteiger charge is -1.97. The Hall–Kier alpha value is 0.680. The number of thiophene rings is 1. The predicted octanol–water partition coefficient (Wildman–Crippen LogP) is 5.05. The number of benzene rings is 1. The third-order valence-electron chi connectivity index (χ3n) is 1.85. The molecule has 0 saturated carbocycles. The highest BCUT2D eigenvalue weighted by Crippen LogP contribution is 2.38. The lowest BCUT2D eigenvalue weighted by atomic mass is 10.1. The lowest BCUT2D eigenvalue weighted by Crippen LogP contribution is -1.77. The van der Waals surface area contributed by atoms with Crippen molar-refractivity contribution in [3.8, 4) is 0 Å². The minimum absolute atomic E-state index is 0.858. The smallest absolute Gasteiger partial charge is 0.0852 e. The Morgan fingerprint density at radius 3 is 2.92 bits per heavy atom. The molecule has 4 heteroatoms. The quantitative estimate of drug-likeness (QED) is 0.474. The molecule has 0 aliphatic carbocycles.